The van der Waals surface area contributed by atoms with E-state index in [1.165, 1.54) is 28.2 Å². The Labute approximate surface area is 226 Å². The van der Waals surface area contributed by atoms with Gasteiger partial charge in [-0.25, -0.2) is 0 Å². The summed E-state index contributed by atoms with van der Waals surface area (Å²) in [7, 11) is 6.05. The van der Waals surface area contributed by atoms with Gasteiger partial charge in [-0.2, -0.15) is 0 Å². The smallest absolute Gasteiger partial charge is 0.303 e. The summed E-state index contributed by atoms with van der Waals surface area (Å²) in [5.41, 5.74) is -2.15. The molecule has 5 unspecified atom stereocenters. The molecule has 1 amide bonds. The maximum absolute atomic E-state index is 13.7. The molecule has 204 valence electrons. The number of esters is 1. The van der Waals surface area contributed by atoms with Gasteiger partial charge in [0, 0.05) is 32.0 Å². The fourth-order valence-corrected chi connectivity index (χ4v) is 6.27. The number of fused-ring (bicyclic) bond motifs is 3. The Bertz CT molecular complexity index is 1390. The van der Waals surface area contributed by atoms with Gasteiger partial charge in [-0.15, -0.1) is 0 Å². The van der Waals surface area contributed by atoms with Crippen LogP contribution in [0.25, 0.3) is 0 Å². The Morgan fingerprint density at radius 1 is 0.923 bits per heavy atom. The highest BCUT2D eigenvalue weighted by molar-refractivity contribution is 5.83. The van der Waals surface area contributed by atoms with Crippen molar-refractivity contribution < 1.29 is 38.4 Å². The standard InChI is InChI=1S/C30H31NO8/c1-17(32)38-27-24(28(33)31-2)25(18-9-7-6-8-10-18)30(19-11-13-20(35-3)14-12-19)29(27,34)26-22(37-5)15-21(36-4)16-23(26)39-30/h6-16,24-25,27,34H,1-5H3,(H,31,33). The van der Waals surface area contributed by atoms with Crippen LogP contribution in [-0.4, -0.2) is 51.5 Å². The van der Waals surface area contributed by atoms with E-state index in [2.05, 4.69) is 5.32 Å². The second-order valence-corrected chi connectivity index (χ2v) is 9.59. The Morgan fingerprint density at radius 3 is 2.15 bits per heavy atom. The fourth-order valence-electron chi connectivity index (χ4n) is 6.27. The summed E-state index contributed by atoms with van der Waals surface area (Å²) in [6, 6.07) is 19.7. The molecule has 0 radical (unpaired) electrons. The molecule has 2 aliphatic rings. The summed E-state index contributed by atoms with van der Waals surface area (Å²) in [6.07, 6.45) is -1.34. The fraction of sp³-hybridized carbons (Fsp3) is 0.333. The number of nitrogens with one attached hydrogen (secondary N) is 1. The third-order valence-electron chi connectivity index (χ3n) is 7.77. The average molecular weight is 534 g/mol. The summed E-state index contributed by atoms with van der Waals surface area (Å²) < 4.78 is 29.3. The van der Waals surface area contributed by atoms with Gasteiger partial charge in [0.15, 0.2) is 17.3 Å². The Balaban J connectivity index is 1.92. The number of hydrogen-bond donors (Lipinski definition) is 2. The van der Waals surface area contributed by atoms with Gasteiger partial charge in [0.05, 0.1) is 32.8 Å². The molecule has 1 fully saturated rings. The van der Waals surface area contributed by atoms with Crippen molar-refractivity contribution >= 4 is 11.9 Å². The quantitative estimate of drug-likeness (QED) is 0.445. The molecule has 9 nitrogen and oxygen atoms in total. The second-order valence-electron chi connectivity index (χ2n) is 9.59. The highest BCUT2D eigenvalue weighted by Gasteiger charge is 2.79. The van der Waals surface area contributed by atoms with Gasteiger partial charge < -0.3 is 34.1 Å². The van der Waals surface area contributed by atoms with Gasteiger partial charge in [-0.3, -0.25) is 9.59 Å². The van der Waals surface area contributed by atoms with Crippen molar-refractivity contribution in [3.8, 4) is 23.0 Å². The first kappa shape index (κ1) is 26.4. The molecule has 1 aliphatic carbocycles. The Hall–Kier alpha value is -4.24. The van der Waals surface area contributed by atoms with Crippen LogP contribution < -0.4 is 24.3 Å². The van der Waals surface area contributed by atoms with Gasteiger partial charge >= 0.3 is 5.97 Å². The minimum atomic E-state index is -2.06. The van der Waals surface area contributed by atoms with E-state index in [1.807, 2.05) is 30.3 Å². The zero-order valence-corrected chi connectivity index (χ0v) is 22.4. The lowest BCUT2D eigenvalue weighted by atomic mass is 9.70. The first-order valence-electron chi connectivity index (χ1n) is 12.5. The highest BCUT2D eigenvalue weighted by atomic mass is 16.6. The van der Waals surface area contributed by atoms with E-state index < -0.39 is 41.0 Å². The van der Waals surface area contributed by atoms with Gasteiger partial charge in [-0.05, 0) is 23.3 Å². The van der Waals surface area contributed by atoms with Crippen LogP contribution in [0.1, 0.15) is 29.5 Å². The number of hydrogen-bond acceptors (Lipinski definition) is 8. The lowest BCUT2D eigenvalue weighted by molar-refractivity contribution is -0.183. The van der Waals surface area contributed by atoms with Crippen molar-refractivity contribution in [3.05, 3.63) is 83.4 Å². The van der Waals surface area contributed by atoms with Crippen molar-refractivity contribution in [2.45, 2.75) is 30.1 Å². The van der Waals surface area contributed by atoms with Gasteiger partial charge in [-0.1, -0.05) is 42.5 Å². The second kappa shape index (κ2) is 9.81. The molecule has 39 heavy (non-hydrogen) atoms. The molecule has 3 aromatic carbocycles. The van der Waals surface area contributed by atoms with Crippen LogP contribution in [0.15, 0.2) is 66.7 Å². The summed E-state index contributed by atoms with van der Waals surface area (Å²) >= 11 is 0. The van der Waals surface area contributed by atoms with Crippen molar-refractivity contribution in [1.82, 2.24) is 5.32 Å². The van der Waals surface area contributed by atoms with E-state index in [0.717, 1.165) is 0 Å². The molecule has 1 heterocycles. The first-order chi connectivity index (χ1) is 18.8. The van der Waals surface area contributed by atoms with Crippen LogP contribution >= 0.6 is 0 Å². The van der Waals surface area contributed by atoms with E-state index in [1.54, 1.807) is 43.5 Å². The topological polar surface area (TPSA) is 113 Å². The van der Waals surface area contributed by atoms with E-state index in [-0.39, 0.29) is 17.1 Å². The maximum Gasteiger partial charge on any atom is 0.303 e. The molecular formula is C30H31NO8. The van der Waals surface area contributed by atoms with Gasteiger partial charge in [0.2, 0.25) is 5.91 Å². The number of benzene rings is 3. The summed E-state index contributed by atoms with van der Waals surface area (Å²) in [5.74, 6) is -1.30. The van der Waals surface area contributed by atoms with Crippen molar-refractivity contribution in [1.29, 1.82) is 0 Å². The predicted octanol–water partition coefficient (Wildman–Crippen LogP) is 3.28. The average Bonchev–Trinajstić information content (AvgIpc) is 3.34. The molecule has 1 saturated carbocycles. The third-order valence-corrected chi connectivity index (χ3v) is 7.77. The molecular weight excluding hydrogens is 502 g/mol. The lowest BCUT2D eigenvalue weighted by Crippen LogP contribution is -2.53. The minimum Gasteiger partial charge on any atom is -0.497 e. The molecule has 0 spiro atoms. The lowest BCUT2D eigenvalue weighted by Gasteiger charge is -2.41. The maximum atomic E-state index is 13.7. The minimum absolute atomic E-state index is 0.264. The Kier molecular flexibility index (Phi) is 6.64. The van der Waals surface area contributed by atoms with Crippen LogP contribution in [0, 0.1) is 5.92 Å². The molecule has 0 saturated heterocycles. The van der Waals surface area contributed by atoms with E-state index in [0.29, 0.717) is 22.6 Å². The number of aliphatic hydroxyl groups is 1. The summed E-state index contributed by atoms with van der Waals surface area (Å²) in [4.78, 5) is 26.2. The summed E-state index contributed by atoms with van der Waals surface area (Å²) in [6.45, 7) is 1.25. The van der Waals surface area contributed by atoms with Crippen molar-refractivity contribution in [2.24, 2.45) is 5.92 Å². The van der Waals surface area contributed by atoms with Crippen molar-refractivity contribution in [2.75, 3.05) is 28.4 Å². The normalized spacial score (nSPS) is 26.6. The van der Waals surface area contributed by atoms with Crippen LogP contribution in [0.4, 0.5) is 0 Å². The molecule has 0 aromatic heterocycles. The SMILES string of the molecule is CNC(=O)C1C(OC(C)=O)C2(O)c3c(OC)cc(OC)cc3OC2(c2ccc(OC)cc2)C1c1ccccc1. The molecule has 5 rings (SSSR count). The first-order valence-corrected chi connectivity index (χ1v) is 12.5. The molecule has 9 heteroatoms. The van der Waals surface area contributed by atoms with Gasteiger partial charge in [0.1, 0.15) is 23.0 Å². The van der Waals surface area contributed by atoms with Crippen LogP contribution in [0.2, 0.25) is 0 Å². The zero-order valence-electron chi connectivity index (χ0n) is 22.4. The van der Waals surface area contributed by atoms with E-state index >= 15 is 0 Å². The van der Waals surface area contributed by atoms with E-state index in [4.69, 9.17) is 23.7 Å². The van der Waals surface area contributed by atoms with Crippen LogP contribution in [0.5, 0.6) is 23.0 Å². The number of ether oxygens (including phenoxy) is 5. The molecule has 3 aromatic rings. The van der Waals surface area contributed by atoms with Crippen LogP contribution in [-0.2, 0) is 25.5 Å². The Morgan fingerprint density at radius 2 is 1.59 bits per heavy atom. The number of carbonyl (C=O) groups excluding carboxylic acids is 2. The molecule has 1 aliphatic heterocycles. The summed E-state index contributed by atoms with van der Waals surface area (Å²) in [5, 5.41) is 15.8. The molecule has 2 N–H and O–H groups in total. The molecule has 5 atom stereocenters. The number of amides is 1. The largest absolute Gasteiger partial charge is 0.497 e. The highest BCUT2D eigenvalue weighted by Crippen LogP contribution is 2.70. The van der Waals surface area contributed by atoms with E-state index in [9.17, 15) is 14.7 Å². The zero-order chi connectivity index (χ0) is 27.9. The van der Waals surface area contributed by atoms with Gasteiger partial charge in [0.25, 0.3) is 0 Å². The monoisotopic (exact) mass is 533 g/mol. The number of carbonyl (C=O) groups is 2. The third kappa shape index (κ3) is 3.71. The number of rotatable bonds is 7. The molecule has 0 bridgehead atoms. The predicted molar refractivity (Wildman–Crippen MR) is 141 cm³/mol. The number of methoxy groups -OCH3 is 3. The van der Waals surface area contributed by atoms with Crippen molar-refractivity contribution in [3.63, 3.8) is 0 Å². The van der Waals surface area contributed by atoms with Crippen LogP contribution in [0.3, 0.4) is 0 Å².